The Hall–Kier alpha value is -2.13. The van der Waals surface area contributed by atoms with Gasteiger partial charge in [0.15, 0.2) is 0 Å². The molecule has 0 amide bonds. The van der Waals surface area contributed by atoms with Crippen molar-refractivity contribution in [2.24, 2.45) is 0 Å². The van der Waals surface area contributed by atoms with E-state index in [0.29, 0.717) is 5.69 Å². The van der Waals surface area contributed by atoms with E-state index in [1.54, 1.807) is 19.2 Å². The Morgan fingerprint density at radius 3 is 2.95 bits per heavy atom. The Balaban J connectivity index is 2.25. The number of ether oxygens (including phenoxy) is 1. The largest absolute Gasteiger partial charge is 0.379 e. The second-order valence-electron chi connectivity index (χ2n) is 4.56. The molecule has 1 aliphatic carbocycles. The molecule has 0 bridgehead atoms. The second-order valence-corrected chi connectivity index (χ2v) is 4.56. The number of nitro benzene ring substituents is 1. The molecule has 1 fully saturated rings. The number of nitriles is 1. The molecule has 0 aromatic heterocycles. The SMILES string of the molecule is COC1CCCC1Nc1ccc(C#N)cc1[N+](=O)[O-]. The van der Waals surface area contributed by atoms with E-state index in [1.165, 1.54) is 6.07 Å². The van der Waals surface area contributed by atoms with E-state index in [4.69, 9.17) is 10.00 Å². The lowest BCUT2D eigenvalue weighted by Crippen LogP contribution is -2.29. The van der Waals surface area contributed by atoms with Gasteiger partial charge >= 0.3 is 0 Å². The first-order chi connectivity index (χ1) is 9.15. The average Bonchev–Trinajstić information content (AvgIpc) is 2.86. The van der Waals surface area contributed by atoms with Crippen LogP contribution >= 0.6 is 0 Å². The highest BCUT2D eigenvalue weighted by molar-refractivity contribution is 5.64. The number of hydrogen-bond acceptors (Lipinski definition) is 5. The van der Waals surface area contributed by atoms with Crippen molar-refractivity contribution in [2.45, 2.75) is 31.4 Å². The smallest absolute Gasteiger partial charge is 0.293 e. The first-order valence-electron chi connectivity index (χ1n) is 6.13. The Labute approximate surface area is 111 Å². The number of nitrogens with zero attached hydrogens (tertiary/aromatic N) is 2. The highest BCUT2D eigenvalue weighted by atomic mass is 16.6. The van der Waals surface area contributed by atoms with Crippen LogP contribution in [0.2, 0.25) is 0 Å². The van der Waals surface area contributed by atoms with E-state index in [9.17, 15) is 10.1 Å². The first kappa shape index (κ1) is 13.3. The molecule has 1 aliphatic rings. The van der Waals surface area contributed by atoms with E-state index in [-0.39, 0.29) is 23.4 Å². The van der Waals surface area contributed by atoms with Crippen LogP contribution in [0.25, 0.3) is 0 Å². The maximum Gasteiger partial charge on any atom is 0.293 e. The monoisotopic (exact) mass is 261 g/mol. The van der Waals surface area contributed by atoms with Crippen LogP contribution in [0.5, 0.6) is 0 Å². The van der Waals surface area contributed by atoms with Crippen LogP contribution < -0.4 is 5.32 Å². The van der Waals surface area contributed by atoms with Crippen molar-refractivity contribution >= 4 is 11.4 Å². The minimum atomic E-state index is -0.472. The van der Waals surface area contributed by atoms with Crippen molar-refractivity contribution in [1.82, 2.24) is 0 Å². The third kappa shape index (κ3) is 2.83. The molecule has 6 heteroatoms. The summed E-state index contributed by atoms with van der Waals surface area (Å²) < 4.78 is 5.36. The highest BCUT2D eigenvalue weighted by Gasteiger charge is 2.28. The first-order valence-corrected chi connectivity index (χ1v) is 6.13. The highest BCUT2D eigenvalue weighted by Crippen LogP contribution is 2.30. The molecule has 2 rings (SSSR count). The van der Waals surface area contributed by atoms with Gasteiger partial charge in [0.2, 0.25) is 0 Å². The second kappa shape index (κ2) is 5.67. The van der Waals surface area contributed by atoms with Gasteiger partial charge in [-0.2, -0.15) is 5.26 Å². The van der Waals surface area contributed by atoms with Crippen molar-refractivity contribution in [2.75, 3.05) is 12.4 Å². The summed E-state index contributed by atoms with van der Waals surface area (Å²) in [6, 6.07) is 6.44. The third-order valence-corrected chi connectivity index (χ3v) is 3.42. The molecule has 2 unspecified atom stereocenters. The number of rotatable bonds is 4. The Bertz CT molecular complexity index is 524. The summed E-state index contributed by atoms with van der Waals surface area (Å²) in [7, 11) is 1.65. The van der Waals surface area contributed by atoms with Crippen molar-refractivity contribution < 1.29 is 9.66 Å². The zero-order valence-electron chi connectivity index (χ0n) is 10.6. The van der Waals surface area contributed by atoms with Crippen molar-refractivity contribution in [3.05, 3.63) is 33.9 Å². The number of nitrogens with one attached hydrogen (secondary N) is 1. The van der Waals surface area contributed by atoms with Gasteiger partial charge in [0, 0.05) is 13.2 Å². The number of hydrogen-bond donors (Lipinski definition) is 1. The standard InChI is InChI=1S/C13H15N3O3/c1-19-13-4-2-3-11(13)15-10-6-5-9(8-14)7-12(10)16(17)18/h5-7,11,13,15H,2-4H2,1H3. The summed E-state index contributed by atoms with van der Waals surface area (Å²) in [5, 5.41) is 23.0. The topological polar surface area (TPSA) is 88.2 Å². The molecule has 0 heterocycles. The molecule has 0 radical (unpaired) electrons. The van der Waals surface area contributed by atoms with E-state index in [2.05, 4.69) is 5.32 Å². The summed E-state index contributed by atoms with van der Waals surface area (Å²) in [4.78, 5) is 10.6. The fourth-order valence-electron chi connectivity index (χ4n) is 2.45. The zero-order valence-corrected chi connectivity index (χ0v) is 10.6. The predicted molar refractivity (Wildman–Crippen MR) is 69.9 cm³/mol. The molecule has 0 aliphatic heterocycles. The van der Waals surface area contributed by atoms with Gasteiger partial charge in [0.1, 0.15) is 5.69 Å². The minimum Gasteiger partial charge on any atom is -0.379 e. The summed E-state index contributed by atoms with van der Waals surface area (Å²) in [6.45, 7) is 0. The molecular formula is C13H15N3O3. The normalized spacial score (nSPS) is 21.9. The minimum absolute atomic E-state index is 0.0687. The van der Waals surface area contributed by atoms with E-state index in [0.717, 1.165) is 19.3 Å². The number of nitro groups is 1. The fraction of sp³-hybridized carbons (Fsp3) is 0.462. The Morgan fingerprint density at radius 1 is 1.53 bits per heavy atom. The molecule has 1 aromatic rings. The van der Waals surface area contributed by atoms with Crippen LogP contribution in [0.1, 0.15) is 24.8 Å². The van der Waals surface area contributed by atoms with E-state index in [1.807, 2.05) is 6.07 Å². The van der Waals surface area contributed by atoms with Gasteiger partial charge in [-0.15, -0.1) is 0 Å². The molecule has 100 valence electrons. The summed E-state index contributed by atoms with van der Waals surface area (Å²) in [5.74, 6) is 0. The van der Waals surface area contributed by atoms with Crippen molar-refractivity contribution in [3.8, 4) is 6.07 Å². The molecular weight excluding hydrogens is 246 g/mol. The molecule has 0 spiro atoms. The molecule has 0 saturated heterocycles. The molecule has 1 saturated carbocycles. The molecule has 2 atom stereocenters. The van der Waals surface area contributed by atoms with E-state index >= 15 is 0 Å². The average molecular weight is 261 g/mol. The third-order valence-electron chi connectivity index (χ3n) is 3.42. The van der Waals surface area contributed by atoms with Crippen LogP contribution in [-0.4, -0.2) is 24.2 Å². The lowest BCUT2D eigenvalue weighted by Gasteiger charge is -2.20. The Kier molecular flexibility index (Phi) is 3.97. The summed E-state index contributed by atoms with van der Waals surface area (Å²) in [5.41, 5.74) is 0.658. The molecule has 1 N–H and O–H groups in total. The number of anilines is 1. The van der Waals surface area contributed by atoms with Crippen LogP contribution in [0, 0.1) is 21.4 Å². The molecule has 19 heavy (non-hydrogen) atoms. The van der Waals surface area contributed by atoms with Crippen LogP contribution in [0.15, 0.2) is 18.2 Å². The maximum absolute atomic E-state index is 11.0. The fourth-order valence-corrected chi connectivity index (χ4v) is 2.45. The summed E-state index contributed by atoms with van der Waals surface area (Å²) in [6.07, 6.45) is 3.00. The summed E-state index contributed by atoms with van der Waals surface area (Å²) >= 11 is 0. The van der Waals surface area contributed by atoms with Gasteiger partial charge in [-0.25, -0.2) is 0 Å². The Morgan fingerprint density at radius 2 is 2.32 bits per heavy atom. The van der Waals surface area contributed by atoms with Gasteiger partial charge in [-0.3, -0.25) is 10.1 Å². The zero-order chi connectivity index (χ0) is 13.8. The predicted octanol–water partition coefficient (Wildman–Crippen LogP) is 2.45. The number of methoxy groups -OCH3 is 1. The van der Waals surface area contributed by atoms with Gasteiger partial charge in [-0.05, 0) is 31.4 Å². The molecule has 6 nitrogen and oxygen atoms in total. The number of benzene rings is 1. The lowest BCUT2D eigenvalue weighted by molar-refractivity contribution is -0.384. The maximum atomic E-state index is 11.0. The van der Waals surface area contributed by atoms with Crippen LogP contribution in [0.3, 0.4) is 0 Å². The van der Waals surface area contributed by atoms with E-state index < -0.39 is 4.92 Å². The van der Waals surface area contributed by atoms with Crippen LogP contribution in [0.4, 0.5) is 11.4 Å². The molecule has 1 aromatic carbocycles. The lowest BCUT2D eigenvalue weighted by atomic mass is 10.1. The van der Waals surface area contributed by atoms with Gasteiger partial charge < -0.3 is 10.1 Å². The van der Waals surface area contributed by atoms with Gasteiger partial charge in [-0.1, -0.05) is 0 Å². The van der Waals surface area contributed by atoms with Crippen molar-refractivity contribution in [3.63, 3.8) is 0 Å². The van der Waals surface area contributed by atoms with Gasteiger partial charge in [0.25, 0.3) is 5.69 Å². The quantitative estimate of drug-likeness (QED) is 0.664. The van der Waals surface area contributed by atoms with Crippen LogP contribution in [-0.2, 0) is 4.74 Å². The van der Waals surface area contributed by atoms with Gasteiger partial charge in [0.05, 0.1) is 28.7 Å². The van der Waals surface area contributed by atoms with Crippen molar-refractivity contribution in [1.29, 1.82) is 5.26 Å².